The molecule has 0 saturated carbocycles. The predicted molar refractivity (Wildman–Crippen MR) is 89.0 cm³/mol. The van der Waals surface area contributed by atoms with Crippen LogP contribution in [0.3, 0.4) is 0 Å². The van der Waals surface area contributed by atoms with E-state index in [0.717, 1.165) is 21.3 Å². The van der Waals surface area contributed by atoms with Gasteiger partial charge in [0.05, 0.1) is 0 Å². The molecule has 1 aliphatic heterocycles. The molecule has 2 heterocycles. The van der Waals surface area contributed by atoms with E-state index < -0.39 is 31.6 Å². The first-order valence-corrected chi connectivity index (χ1v) is 13.9. The van der Waals surface area contributed by atoms with Crippen LogP contribution in [0.1, 0.15) is 11.5 Å². The molecule has 23 heavy (non-hydrogen) atoms. The Morgan fingerprint density at radius 3 is 1.91 bits per heavy atom. The molecule has 3 aromatic rings. The van der Waals surface area contributed by atoms with E-state index in [1.807, 2.05) is 38.1 Å². The van der Waals surface area contributed by atoms with Crippen molar-refractivity contribution in [3.05, 3.63) is 60.0 Å². The van der Waals surface area contributed by atoms with Gasteiger partial charge >= 0.3 is 143 Å². The van der Waals surface area contributed by atoms with Crippen LogP contribution in [-0.2, 0) is 9.84 Å². The number of fused-ring (bicyclic) bond motifs is 2. The van der Waals surface area contributed by atoms with E-state index >= 15 is 0 Å². The second-order valence-electron chi connectivity index (χ2n) is 5.45. The van der Waals surface area contributed by atoms with Crippen molar-refractivity contribution in [1.29, 1.82) is 0 Å². The van der Waals surface area contributed by atoms with Gasteiger partial charge in [0, 0.05) is 0 Å². The van der Waals surface area contributed by atoms with Gasteiger partial charge in [0.15, 0.2) is 0 Å². The van der Waals surface area contributed by atoms with Gasteiger partial charge in [0.2, 0.25) is 0 Å². The fraction of sp³-hybridized carbons (Fsp3) is 0.118. The van der Waals surface area contributed by atoms with E-state index in [1.54, 1.807) is 24.3 Å². The van der Waals surface area contributed by atoms with Crippen LogP contribution in [0.5, 0.6) is 0 Å². The monoisotopic (exact) mass is 521 g/mol. The third-order valence-electron chi connectivity index (χ3n) is 4.01. The van der Waals surface area contributed by atoms with Gasteiger partial charge in [-0.25, -0.2) is 0 Å². The standard InChI is InChI=1S/C12H8O2S.C5H6NO.Bi/c13-15(14,11-7-3-1-4-8-11)12-9-5-2-6-10-12;1-4-3-5(2)7-6-4;/h1-7,9H;1-2H3;. The third-order valence-corrected chi connectivity index (χ3v) is 18.1. The minimum atomic E-state index is -3.45. The molecule has 0 amide bonds. The Morgan fingerprint density at radius 2 is 1.43 bits per heavy atom. The molecule has 0 fully saturated rings. The summed E-state index contributed by atoms with van der Waals surface area (Å²) in [4.78, 5) is 0.910. The van der Waals surface area contributed by atoms with Crippen molar-refractivity contribution in [2.24, 2.45) is 0 Å². The Labute approximate surface area is 142 Å². The van der Waals surface area contributed by atoms with Crippen molar-refractivity contribution in [2.45, 2.75) is 23.6 Å². The number of hydrogen-bond acceptors (Lipinski definition) is 4. The molecule has 0 radical (unpaired) electrons. The van der Waals surface area contributed by atoms with Crippen LogP contribution in [0.25, 0.3) is 0 Å². The first-order valence-electron chi connectivity index (χ1n) is 7.18. The second-order valence-corrected chi connectivity index (χ2v) is 15.4. The molecule has 116 valence electrons. The first-order chi connectivity index (χ1) is 11.0. The maximum atomic E-state index is 13.0. The summed E-state index contributed by atoms with van der Waals surface area (Å²) in [5.41, 5.74) is 0.879. The summed E-state index contributed by atoms with van der Waals surface area (Å²) >= 11 is -2.74. The van der Waals surface area contributed by atoms with Gasteiger partial charge in [-0.1, -0.05) is 0 Å². The van der Waals surface area contributed by atoms with Crippen molar-refractivity contribution in [1.82, 2.24) is 5.16 Å². The van der Waals surface area contributed by atoms with Crippen molar-refractivity contribution in [3.8, 4) is 0 Å². The summed E-state index contributed by atoms with van der Waals surface area (Å²) in [5.74, 6) is 0.809. The van der Waals surface area contributed by atoms with Crippen LogP contribution < -0.4 is 9.81 Å². The number of aromatic nitrogens is 1. The maximum absolute atomic E-state index is 13.0. The molecule has 0 unspecified atom stereocenters. The van der Waals surface area contributed by atoms with Crippen LogP contribution in [0, 0.1) is 13.8 Å². The van der Waals surface area contributed by atoms with Gasteiger partial charge in [-0.15, -0.1) is 0 Å². The number of aryl methyl sites for hydroxylation is 2. The van der Waals surface area contributed by atoms with Crippen molar-refractivity contribution in [2.75, 3.05) is 0 Å². The first kappa shape index (κ1) is 15.0. The Balaban J connectivity index is 2.13. The van der Waals surface area contributed by atoms with E-state index in [4.69, 9.17) is 4.52 Å². The summed E-state index contributed by atoms with van der Waals surface area (Å²) in [5, 5.41) is 4.10. The SMILES string of the molecule is Cc1noc(C)[c]1[Bi]1[c]2ccccc2S(=O)(=O)c2cccc[c]21. The third kappa shape index (κ3) is 2.12. The van der Waals surface area contributed by atoms with E-state index in [2.05, 4.69) is 5.16 Å². The van der Waals surface area contributed by atoms with E-state index in [-0.39, 0.29) is 0 Å². The summed E-state index contributed by atoms with van der Waals surface area (Å²) in [6, 6.07) is 14.8. The van der Waals surface area contributed by atoms with Crippen molar-refractivity contribution < 1.29 is 12.9 Å². The molecule has 0 bridgehead atoms. The Bertz CT molecular complexity index is 951. The number of rotatable bonds is 1. The van der Waals surface area contributed by atoms with Gasteiger partial charge in [-0.3, -0.25) is 0 Å². The zero-order valence-corrected chi connectivity index (χ0v) is 16.9. The predicted octanol–water partition coefficient (Wildman–Crippen LogP) is 0.954. The van der Waals surface area contributed by atoms with Crippen LogP contribution in [0.4, 0.5) is 0 Å². The molecule has 4 rings (SSSR count). The molecule has 0 spiro atoms. The Hall–Kier alpha value is -1.52. The zero-order chi connectivity index (χ0) is 16.2. The van der Waals surface area contributed by atoms with Crippen LogP contribution in [0.15, 0.2) is 62.8 Å². The molecular weight excluding hydrogens is 507 g/mol. The molecular formula is C17H14BiNO3S. The molecule has 0 aliphatic carbocycles. The quantitative estimate of drug-likeness (QED) is 0.351. The number of nitrogens with zero attached hydrogens (tertiary/aromatic N) is 1. The summed E-state index contributed by atoms with van der Waals surface area (Å²) in [6.45, 7) is 3.86. The summed E-state index contributed by atoms with van der Waals surface area (Å²) in [6.07, 6.45) is 0. The molecule has 0 N–H and O–H groups in total. The van der Waals surface area contributed by atoms with E-state index in [1.165, 1.54) is 0 Å². The molecule has 1 aliphatic rings. The molecule has 2 aromatic carbocycles. The Morgan fingerprint density at radius 1 is 0.913 bits per heavy atom. The molecule has 0 atom stereocenters. The van der Waals surface area contributed by atoms with E-state index in [0.29, 0.717) is 9.79 Å². The molecule has 4 nitrogen and oxygen atoms in total. The zero-order valence-electron chi connectivity index (χ0n) is 12.6. The topological polar surface area (TPSA) is 60.2 Å². The fourth-order valence-electron chi connectivity index (χ4n) is 3.02. The van der Waals surface area contributed by atoms with Crippen LogP contribution in [0.2, 0.25) is 0 Å². The van der Waals surface area contributed by atoms with E-state index in [9.17, 15) is 8.42 Å². The van der Waals surface area contributed by atoms with Crippen LogP contribution >= 0.6 is 0 Å². The number of benzene rings is 2. The second kappa shape index (κ2) is 5.25. The summed E-state index contributed by atoms with van der Waals surface area (Å²) < 4.78 is 34.4. The molecule has 6 heteroatoms. The van der Waals surface area contributed by atoms with Gasteiger partial charge in [-0.2, -0.15) is 0 Å². The minimum absolute atomic E-state index is 0.455. The van der Waals surface area contributed by atoms with Gasteiger partial charge in [0.1, 0.15) is 0 Å². The average Bonchev–Trinajstić information content (AvgIpc) is 2.88. The molecule has 0 saturated heterocycles. The number of sulfone groups is 1. The number of hydrogen-bond donors (Lipinski definition) is 0. The average molecular weight is 521 g/mol. The summed E-state index contributed by atoms with van der Waals surface area (Å²) in [7, 11) is -3.45. The van der Waals surface area contributed by atoms with Gasteiger partial charge < -0.3 is 0 Å². The normalized spacial score (nSPS) is 15.9. The Kier molecular flexibility index (Phi) is 3.43. The van der Waals surface area contributed by atoms with Crippen LogP contribution in [-0.4, -0.2) is 35.3 Å². The van der Waals surface area contributed by atoms with Crippen molar-refractivity contribution in [3.63, 3.8) is 0 Å². The molecule has 1 aromatic heterocycles. The van der Waals surface area contributed by atoms with Crippen molar-refractivity contribution >= 4 is 41.4 Å². The van der Waals surface area contributed by atoms with Gasteiger partial charge in [0.25, 0.3) is 0 Å². The van der Waals surface area contributed by atoms with Gasteiger partial charge in [-0.05, 0) is 0 Å². The fourth-order valence-corrected chi connectivity index (χ4v) is 18.7.